The average molecular weight is 709 g/mol. The monoisotopic (exact) mass is 707 g/mol. The number of benzene rings is 3. The summed E-state index contributed by atoms with van der Waals surface area (Å²) in [5.41, 5.74) is 2.32. The Bertz CT molecular complexity index is 2000. The summed E-state index contributed by atoms with van der Waals surface area (Å²) in [6.07, 6.45) is 1.70. The number of nitro groups is 1. The van der Waals surface area contributed by atoms with Crippen molar-refractivity contribution in [3.05, 3.63) is 123 Å². The van der Waals surface area contributed by atoms with Crippen LogP contribution in [0.25, 0.3) is 6.08 Å². The summed E-state index contributed by atoms with van der Waals surface area (Å²) in [6, 6.07) is 16.1. The second kappa shape index (κ2) is 14.1. The number of fused-ring (bicyclic) bond motifs is 1. The van der Waals surface area contributed by atoms with Crippen LogP contribution in [0.3, 0.4) is 0 Å². The summed E-state index contributed by atoms with van der Waals surface area (Å²) in [6.45, 7) is 6.11. The van der Waals surface area contributed by atoms with Crippen LogP contribution in [0.1, 0.15) is 43.5 Å². The maximum Gasteiger partial charge on any atom is 0.338 e. The Labute approximate surface area is 276 Å². The molecule has 1 aromatic heterocycles. The van der Waals surface area contributed by atoms with Gasteiger partial charge in [0.2, 0.25) is 0 Å². The Morgan fingerprint density at radius 1 is 1.09 bits per heavy atom. The van der Waals surface area contributed by atoms with Gasteiger partial charge in [0.05, 0.1) is 47.1 Å². The van der Waals surface area contributed by atoms with Crippen LogP contribution in [0.2, 0.25) is 0 Å². The van der Waals surface area contributed by atoms with Crippen molar-refractivity contribution in [1.29, 1.82) is 0 Å². The molecule has 0 saturated heterocycles. The molecule has 5 rings (SSSR count). The van der Waals surface area contributed by atoms with E-state index in [-0.39, 0.29) is 30.0 Å². The number of hydrogen-bond donors (Lipinski definition) is 0. The van der Waals surface area contributed by atoms with E-state index in [0.717, 1.165) is 0 Å². The number of halogens is 1. The number of methoxy groups -OCH3 is 1. The van der Waals surface area contributed by atoms with E-state index in [1.54, 1.807) is 56.3 Å². The van der Waals surface area contributed by atoms with E-state index in [4.69, 9.17) is 18.9 Å². The molecule has 0 unspecified atom stereocenters. The Morgan fingerprint density at radius 2 is 1.80 bits per heavy atom. The number of ether oxygens (including phenoxy) is 4. The third-order valence-electron chi connectivity index (χ3n) is 7.11. The fourth-order valence-corrected chi connectivity index (χ4v) is 6.52. The number of non-ortho nitro benzene ring substituents is 1. The van der Waals surface area contributed by atoms with E-state index >= 15 is 0 Å². The lowest BCUT2D eigenvalue weighted by Crippen LogP contribution is -2.39. The first-order chi connectivity index (χ1) is 22.1. The van der Waals surface area contributed by atoms with Crippen LogP contribution in [0.15, 0.2) is 86.2 Å². The zero-order chi connectivity index (χ0) is 33.0. The molecule has 3 aromatic carbocycles. The van der Waals surface area contributed by atoms with Crippen molar-refractivity contribution in [2.24, 2.45) is 4.99 Å². The minimum absolute atomic E-state index is 0.0223. The second-order valence-electron chi connectivity index (χ2n) is 10.0. The van der Waals surface area contributed by atoms with E-state index in [0.29, 0.717) is 60.0 Å². The molecule has 1 aliphatic heterocycles. The number of esters is 1. The predicted molar refractivity (Wildman–Crippen MR) is 176 cm³/mol. The molecular weight excluding hydrogens is 678 g/mol. The fraction of sp³-hybridized carbons (Fsp3) is 0.242. The number of aromatic nitrogens is 1. The largest absolute Gasteiger partial charge is 0.494 e. The van der Waals surface area contributed by atoms with Gasteiger partial charge in [0.15, 0.2) is 16.3 Å². The quantitative estimate of drug-likeness (QED) is 0.114. The first-order valence-electron chi connectivity index (χ1n) is 14.3. The van der Waals surface area contributed by atoms with E-state index in [1.165, 1.54) is 35.1 Å². The number of allylic oxidation sites excluding steroid dienone is 1. The Balaban J connectivity index is 1.62. The van der Waals surface area contributed by atoms with Crippen molar-refractivity contribution in [3.63, 3.8) is 0 Å². The molecule has 0 N–H and O–H groups in total. The van der Waals surface area contributed by atoms with Crippen molar-refractivity contribution in [3.8, 4) is 17.2 Å². The first-order valence-corrected chi connectivity index (χ1v) is 15.9. The van der Waals surface area contributed by atoms with Crippen molar-refractivity contribution >= 4 is 45.0 Å². The lowest BCUT2D eigenvalue weighted by Gasteiger charge is -2.24. The summed E-state index contributed by atoms with van der Waals surface area (Å²) >= 11 is 4.70. The van der Waals surface area contributed by atoms with Crippen molar-refractivity contribution in [2.45, 2.75) is 33.4 Å². The molecule has 46 heavy (non-hydrogen) atoms. The first kappa shape index (κ1) is 32.6. The van der Waals surface area contributed by atoms with Crippen LogP contribution >= 0.6 is 27.3 Å². The lowest BCUT2D eigenvalue weighted by molar-refractivity contribution is -0.384. The van der Waals surface area contributed by atoms with Gasteiger partial charge in [-0.2, -0.15) is 0 Å². The van der Waals surface area contributed by atoms with Gasteiger partial charge in [-0.25, -0.2) is 9.79 Å². The van der Waals surface area contributed by atoms with Crippen molar-refractivity contribution < 1.29 is 28.7 Å². The highest BCUT2D eigenvalue weighted by Gasteiger charge is 2.33. The molecule has 0 fully saturated rings. The number of thiazole rings is 1. The number of hydrogen-bond acceptors (Lipinski definition) is 10. The van der Waals surface area contributed by atoms with Gasteiger partial charge in [-0.05, 0) is 74.4 Å². The highest BCUT2D eigenvalue weighted by atomic mass is 79.9. The summed E-state index contributed by atoms with van der Waals surface area (Å²) in [5, 5.41) is 11.0. The molecule has 238 valence electrons. The zero-order valence-corrected chi connectivity index (χ0v) is 27.8. The minimum Gasteiger partial charge on any atom is -0.494 e. The van der Waals surface area contributed by atoms with Gasteiger partial charge in [0, 0.05) is 22.2 Å². The normalized spacial score (nSPS) is 14.4. The van der Waals surface area contributed by atoms with E-state index in [2.05, 4.69) is 20.9 Å². The van der Waals surface area contributed by atoms with Gasteiger partial charge < -0.3 is 18.9 Å². The third-order valence-corrected chi connectivity index (χ3v) is 8.55. The number of carbonyl (C=O) groups is 1. The molecule has 1 atom stereocenters. The lowest BCUT2D eigenvalue weighted by atomic mass is 9.96. The van der Waals surface area contributed by atoms with Crippen molar-refractivity contribution in [2.75, 3.05) is 20.3 Å². The number of nitrogens with zero attached hydrogens (tertiary/aromatic N) is 3. The van der Waals surface area contributed by atoms with E-state index < -0.39 is 16.9 Å². The van der Waals surface area contributed by atoms with Crippen LogP contribution in [-0.2, 0) is 16.1 Å². The molecule has 11 nitrogen and oxygen atoms in total. The van der Waals surface area contributed by atoms with Crippen LogP contribution in [0.5, 0.6) is 17.2 Å². The van der Waals surface area contributed by atoms with E-state index in [1.807, 2.05) is 19.1 Å². The smallest absolute Gasteiger partial charge is 0.338 e. The molecular formula is C33H30BrN3O8S. The molecule has 0 saturated carbocycles. The number of carbonyl (C=O) groups excluding carboxylic acids is 1. The Kier molecular flexibility index (Phi) is 10.0. The van der Waals surface area contributed by atoms with Crippen LogP contribution in [0.4, 0.5) is 5.69 Å². The molecule has 0 radical (unpaired) electrons. The molecule has 0 spiro atoms. The predicted octanol–water partition coefficient (Wildman–Crippen LogP) is 5.46. The summed E-state index contributed by atoms with van der Waals surface area (Å²) in [7, 11) is 1.51. The second-order valence-corrected chi connectivity index (χ2v) is 12.0. The standard InChI is InChI=1S/C33H30BrN3O8S/c1-5-43-25-13-9-21(10-14-25)29-28(32(39)44-6-2)19(3)35-33-36(29)31(38)27(46-33)16-22-15-23(34)17-26(42-4)30(22)45-18-20-7-11-24(12-8-20)37(40)41/h7-17,29H,5-6,18H2,1-4H3/b27-16-/t29-/m1/s1. The minimum atomic E-state index is -0.775. The van der Waals surface area contributed by atoms with Crippen LogP contribution in [-0.4, -0.2) is 35.8 Å². The highest BCUT2D eigenvalue weighted by molar-refractivity contribution is 9.10. The van der Waals surface area contributed by atoms with Gasteiger partial charge in [-0.1, -0.05) is 39.4 Å². The molecule has 1 aliphatic rings. The van der Waals surface area contributed by atoms with Gasteiger partial charge in [-0.15, -0.1) is 0 Å². The molecule has 0 bridgehead atoms. The molecule has 0 aliphatic carbocycles. The SMILES string of the molecule is CCOC(=O)C1=C(C)N=c2s/c(=C\c3cc(Br)cc(OC)c3OCc3ccc([N+](=O)[O-])cc3)c(=O)n2[C@@H]1c1ccc(OCC)cc1. The van der Waals surface area contributed by atoms with Gasteiger partial charge in [0.1, 0.15) is 12.4 Å². The molecule has 2 heterocycles. The van der Waals surface area contributed by atoms with Gasteiger partial charge >= 0.3 is 5.97 Å². The van der Waals surface area contributed by atoms with Gasteiger partial charge in [0.25, 0.3) is 11.2 Å². The number of nitro benzene ring substituents is 1. The van der Waals surface area contributed by atoms with Crippen LogP contribution in [0, 0.1) is 10.1 Å². The molecule has 13 heteroatoms. The average Bonchev–Trinajstić information content (AvgIpc) is 3.34. The Morgan fingerprint density at radius 3 is 2.43 bits per heavy atom. The third kappa shape index (κ3) is 6.75. The van der Waals surface area contributed by atoms with Crippen LogP contribution < -0.4 is 29.1 Å². The topological polar surface area (TPSA) is 131 Å². The molecule has 4 aromatic rings. The summed E-state index contributed by atoms with van der Waals surface area (Å²) in [5.74, 6) is 0.918. The molecule has 0 amide bonds. The highest BCUT2D eigenvalue weighted by Crippen LogP contribution is 2.36. The Hall–Kier alpha value is -4.75. The maximum absolute atomic E-state index is 14.2. The summed E-state index contributed by atoms with van der Waals surface area (Å²) in [4.78, 5) is 43.0. The van der Waals surface area contributed by atoms with Gasteiger partial charge in [-0.3, -0.25) is 19.5 Å². The fourth-order valence-electron chi connectivity index (χ4n) is 5.03. The van der Waals surface area contributed by atoms with E-state index in [9.17, 15) is 19.7 Å². The van der Waals surface area contributed by atoms with Crippen molar-refractivity contribution in [1.82, 2.24) is 4.57 Å². The zero-order valence-electron chi connectivity index (χ0n) is 25.4. The number of rotatable bonds is 11. The maximum atomic E-state index is 14.2. The summed E-state index contributed by atoms with van der Waals surface area (Å²) < 4.78 is 25.3.